The van der Waals surface area contributed by atoms with Crippen molar-refractivity contribution in [1.29, 1.82) is 0 Å². The average Bonchev–Trinajstić information content (AvgIpc) is 2.87. The molecule has 2 aliphatic rings. The van der Waals surface area contributed by atoms with Gasteiger partial charge in [0.25, 0.3) is 0 Å². The topological polar surface area (TPSA) is 44.4 Å². The lowest BCUT2D eigenvalue weighted by Crippen LogP contribution is -2.50. The van der Waals surface area contributed by atoms with Crippen molar-refractivity contribution in [2.45, 2.75) is 65.5 Å². The van der Waals surface area contributed by atoms with Crippen LogP contribution < -0.4 is 10.6 Å². The van der Waals surface area contributed by atoms with Crippen LogP contribution >= 0.6 is 0 Å². The zero-order chi connectivity index (χ0) is 15.5. The van der Waals surface area contributed by atoms with Gasteiger partial charge in [-0.25, -0.2) is 0 Å². The van der Waals surface area contributed by atoms with Crippen molar-refractivity contribution in [3.8, 4) is 0 Å². The number of carbonyl (C=O) groups excluding carboxylic acids is 1. The molecule has 2 atom stereocenters. The fourth-order valence-electron chi connectivity index (χ4n) is 4.28. The van der Waals surface area contributed by atoms with Gasteiger partial charge in [-0.3, -0.25) is 9.69 Å². The highest BCUT2D eigenvalue weighted by Crippen LogP contribution is 2.43. The lowest BCUT2D eigenvalue weighted by atomic mass is 9.67. The highest BCUT2D eigenvalue weighted by atomic mass is 16.2. The van der Waals surface area contributed by atoms with E-state index in [4.69, 9.17) is 0 Å². The molecule has 0 bridgehead atoms. The quantitative estimate of drug-likeness (QED) is 0.788. The van der Waals surface area contributed by atoms with Gasteiger partial charge in [-0.15, -0.1) is 0 Å². The number of amides is 1. The van der Waals surface area contributed by atoms with E-state index < -0.39 is 0 Å². The summed E-state index contributed by atoms with van der Waals surface area (Å²) < 4.78 is 0. The molecule has 1 saturated carbocycles. The minimum atomic E-state index is -0.112. The van der Waals surface area contributed by atoms with Crippen molar-refractivity contribution in [2.75, 3.05) is 26.2 Å². The molecule has 0 aromatic heterocycles. The van der Waals surface area contributed by atoms with Crippen LogP contribution in [0.5, 0.6) is 0 Å². The summed E-state index contributed by atoms with van der Waals surface area (Å²) >= 11 is 0. The largest absolute Gasteiger partial charge is 0.354 e. The fourth-order valence-corrected chi connectivity index (χ4v) is 4.28. The molecule has 1 saturated heterocycles. The van der Waals surface area contributed by atoms with Gasteiger partial charge >= 0.3 is 0 Å². The lowest BCUT2D eigenvalue weighted by molar-refractivity contribution is -0.134. The predicted molar refractivity (Wildman–Crippen MR) is 87.2 cm³/mol. The summed E-state index contributed by atoms with van der Waals surface area (Å²) in [7, 11) is 0. The Morgan fingerprint density at radius 1 is 1.29 bits per heavy atom. The zero-order valence-corrected chi connectivity index (χ0v) is 14.2. The minimum Gasteiger partial charge on any atom is -0.354 e. The summed E-state index contributed by atoms with van der Waals surface area (Å²) in [5.41, 5.74) is -0.112. The monoisotopic (exact) mass is 295 g/mol. The van der Waals surface area contributed by atoms with Gasteiger partial charge in [-0.2, -0.15) is 0 Å². The molecule has 1 heterocycles. The Morgan fingerprint density at radius 2 is 2.00 bits per heavy atom. The van der Waals surface area contributed by atoms with Gasteiger partial charge in [0.2, 0.25) is 5.91 Å². The molecule has 4 nitrogen and oxygen atoms in total. The normalized spacial score (nSPS) is 29.2. The second-order valence-electron chi connectivity index (χ2n) is 7.41. The van der Waals surface area contributed by atoms with Crippen molar-refractivity contribution < 1.29 is 4.79 Å². The first-order valence-corrected chi connectivity index (χ1v) is 8.72. The molecule has 1 aliphatic carbocycles. The molecule has 21 heavy (non-hydrogen) atoms. The molecular weight excluding hydrogens is 262 g/mol. The third kappa shape index (κ3) is 3.59. The number of hydrogen-bond donors (Lipinski definition) is 2. The zero-order valence-electron chi connectivity index (χ0n) is 14.2. The number of fused-ring (bicyclic) bond motifs is 1. The summed E-state index contributed by atoms with van der Waals surface area (Å²) in [4.78, 5) is 15.2. The molecule has 0 radical (unpaired) electrons. The van der Waals surface area contributed by atoms with Crippen LogP contribution in [0.2, 0.25) is 0 Å². The van der Waals surface area contributed by atoms with E-state index in [9.17, 15) is 4.79 Å². The van der Waals surface area contributed by atoms with E-state index >= 15 is 0 Å². The van der Waals surface area contributed by atoms with E-state index in [1.165, 1.54) is 19.3 Å². The van der Waals surface area contributed by atoms with Crippen LogP contribution in [0.1, 0.15) is 53.4 Å². The Morgan fingerprint density at radius 3 is 2.67 bits per heavy atom. The Bertz CT molecular complexity index is 348. The molecule has 4 heteroatoms. The Kier molecular flexibility index (Phi) is 5.67. The first kappa shape index (κ1) is 16.8. The number of carbonyl (C=O) groups is 1. The van der Waals surface area contributed by atoms with Crippen molar-refractivity contribution in [2.24, 2.45) is 11.3 Å². The van der Waals surface area contributed by atoms with E-state index in [-0.39, 0.29) is 5.41 Å². The van der Waals surface area contributed by atoms with E-state index in [1.54, 1.807) is 0 Å². The molecule has 0 aromatic carbocycles. The Hall–Kier alpha value is -0.610. The molecule has 1 aliphatic heterocycles. The molecule has 1 amide bonds. The summed E-state index contributed by atoms with van der Waals surface area (Å²) in [5.74, 6) is 0.849. The third-order valence-corrected chi connectivity index (χ3v) is 5.47. The molecule has 0 aromatic rings. The van der Waals surface area contributed by atoms with Crippen LogP contribution in [0.15, 0.2) is 0 Å². The van der Waals surface area contributed by atoms with Crippen LogP contribution in [-0.2, 0) is 4.79 Å². The van der Waals surface area contributed by atoms with Crippen molar-refractivity contribution in [1.82, 2.24) is 15.5 Å². The maximum absolute atomic E-state index is 12.8. The van der Waals surface area contributed by atoms with Gasteiger partial charge in [0, 0.05) is 31.7 Å². The van der Waals surface area contributed by atoms with Crippen LogP contribution in [0.25, 0.3) is 0 Å². The third-order valence-electron chi connectivity index (χ3n) is 5.47. The molecule has 0 spiro atoms. The molecule has 2 N–H and O–H groups in total. The molecule has 2 rings (SSSR count). The summed E-state index contributed by atoms with van der Waals surface area (Å²) in [5, 5.41) is 6.68. The first-order valence-electron chi connectivity index (χ1n) is 8.72. The fraction of sp³-hybridized carbons (Fsp3) is 0.941. The summed E-state index contributed by atoms with van der Waals surface area (Å²) in [6.45, 7) is 12.5. The van der Waals surface area contributed by atoms with Crippen molar-refractivity contribution in [3.05, 3.63) is 0 Å². The predicted octanol–water partition coefficient (Wildman–Crippen LogP) is 2.00. The smallest absolute Gasteiger partial charge is 0.227 e. The Labute approximate surface area is 130 Å². The minimum absolute atomic E-state index is 0.112. The van der Waals surface area contributed by atoms with E-state index in [0.29, 0.717) is 23.9 Å². The Balaban J connectivity index is 1.86. The average molecular weight is 295 g/mol. The number of rotatable bonds is 6. The highest BCUT2D eigenvalue weighted by molar-refractivity contribution is 5.83. The van der Waals surface area contributed by atoms with Crippen LogP contribution in [0, 0.1) is 11.3 Å². The van der Waals surface area contributed by atoms with Gasteiger partial charge in [0.15, 0.2) is 0 Å². The van der Waals surface area contributed by atoms with Crippen molar-refractivity contribution in [3.63, 3.8) is 0 Å². The van der Waals surface area contributed by atoms with Crippen LogP contribution in [0.4, 0.5) is 0 Å². The van der Waals surface area contributed by atoms with Gasteiger partial charge in [-0.05, 0) is 53.0 Å². The SMILES string of the molecule is CC(C)N(CCNC(=O)[C@@]12CCCC[C@H]1CNC2)C(C)C. The van der Waals surface area contributed by atoms with Crippen molar-refractivity contribution >= 4 is 5.91 Å². The first-order chi connectivity index (χ1) is 9.97. The van der Waals surface area contributed by atoms with Crippen LogP contribution in [0.3, 0.4) is 0 Å². The van der Waals surface area contributed by atoms with E-state index in [0.717, 1.165) is 32.6 Å². The van der Waals surface area contributed by atoms with E-state index in [1.807, 2.05) is 0 Å². The van der Waals surface area contributed by atoms with Gasteiger partial charge < -0.3 is 10.6 Å². The van der Waals surface area contributed by atoms with Gasteiger partial charge in [0.1, 0.15) is 0 Å². The van der Waals surface area contributed by atoms with Crippen LogP contribution in [-0.4, -0.2) is 49.1 Å². The maximum Gasteiger partial charge on any atom is 0.227 e. The molecule has 2 fully saturated rings. The number of nitrogens with one attached hydrogen (secondary N) is 2. The van der Waals surface area contributed by atoms with Gasteiger partial charge in [0.05, 0.1) is 5.41 Å². The van der Waals surface area contributed by atoms with E-state index in [2.05, 4.69) is 43.2 Å². The lowest BCUT2D eigenvalue weighted by Gasteiger charge is -2.37. The highest BCUT2D eigenvalue weighted by Gasteiger charge is 2.49. The maximum atomic E-state index is 12.8. The van der Waals surface area contributed by atoms with Gasteiger partial charge in [-0.1, -0.05) is 12.8 Å². The standard InChI is InChI=1S/C17H33N3O/c1-13(2)20(14(3)4)10-9-19-16(21)17-8-6-5-7-15(17)11-18-12-17/h13-15,18H,5-12H2,1-4H3,(H,19,21)/t15-,17+/m0/s1. The molecule has 122 valence electrons. The number of hydrogen-bond acceptors (Lipinski definition) is 3. The summed E-state index contributed by atoms with van der Waals surface area (Å²) in [6.07, 6.45) is 4.77. The second kappa shape index (κ2) is 7.10. The summed E-state index contributed by atoms with van der Waals surface area (Å²) in [6, 6.07) is 1.05. The number of nitrogens with zero attached hydrogens (tertiary/aromatic N) is 1. The second-order valence-corrected chi connectivity index (χ2v) is 7.41. The molecular formula is C17H33N3O. The molecule has 0 unspecified atom stereocenters.